The van der Waals surface area contributed by atoms with E-state index < -0.39 is 47.3 Å². The van der Waals surface area contributed by atoms with Gasteiger partial charge in [-0.25, -0.2) is 0 Å². The lowest BCUT2D eigenvalue weighted by Crippen LogP contribution is -2.17. The van der Waals surface area contributed by atoms with Gasteiger partial charge in [-0.2, -0.15) is 26.3 Å². The van der Waals surface area contributed by atoms with Crippen molar-refractivity contribution in [1.29, 1.82) is 0 Å². The number of nitrogens with zero attached hydrogens (tertiary/aromatic N) is 1. The zero-order valence-electron chi connectivity index (χ0n) is 15.6. The summed E-state index contributed by atoms with van der Waals surface area (Å²) < 4.78 is 79.4. The Balaban J connectivity index is 2.08. The fourth-order valence-corrected chi connectivity index (χ4v) is 3.37. The van der Waals surface area contributed by atoms with E-state index in [4.69, 9.17) is 11.6 Å². The van der Waals surface area contributed by atoms with Gasteiger partial charge in [-0.1, -0.05) is 35.9 Å². The molecule has 31 heavy (non-hydrogen) atoms. The number of alkyl halides is 6. The van der Waals surface area contributed by atoms with Crippen LogP contribution in [0.3, 0.4) is 0 Å². The first-order chi connectivity index (χ1) is 14.5. The molecule has 0 amide bonds. The topological polar surface area (TPSA) is 30.0 Å². The Morgan fingerprint density at radius 1 is 0.903 bits per heavy atom. The molecule has 0 aliphatic heterocycles. The molecule has 2 aromatic carbocycles. The Hall–Kier alpha value is -2.87. The van der Waals surface area contributed by atoms with Crippen molar-refractivity contribution in [2.75, 3.05) is 0 Å². The number of carbonyl (C=O) groups is 1. The summed E-state index contributed by atoms with van der Waals surface area (Å²) in [6, 6.07) is 11.5. The van der Waals surface area contributed by atoms with E-state index in [1.165, 1.54) is 24.3 Å². The quantitative estimate of drug-likeness (QED) is 0.300. The lowest BCUT2D eigenvalue weighted by atomic mass is 9.86. The number of ketones is 1. The van der Waals surface area contributed by atoms with Crippen LogP contribution in [-0.4, -0.2) is 10.8 Å². The summed E-state index contributed by atoms with van der Waals surface area (Å²) in [7, 11) is 0. The second-order valence-corrected chi connectivity index (χ2v) is 7.18. The third-order valence-corrected chi connectivity index (χ3v) is 4.89. The molecule has 162 valence electrons. The molecule has 1 heterocycles. The number of hydrogen-bond acceptors (Lipinski definition) is 2. The molecule has 3 aromatic rings. The van der Waals surface area contributed by atoms with Gasteiger partial charge in [-0.05, 0) is 42.0 Å². The highest BCUT2D eigenvalue weighted by Gasteiger charge is 2.37. The maximum atomic E-state index is 13.6. The van der Waals surface area contributed by atoms with E-state index in [1.54, 1.807) is 0 Å². The molecule has 0 spiro atoms. The predicted molar refractivity (Wildman–Crippen MR) is 103 cm³/mol. The van der Waals surface area contributed by atoms with Crippen LogP contribution < -0.4 is 0 Å². The molecule has 1 aromatic heterocycles. The van der Waals surface area contributed by atoms with Gasteiger partial charge in [0.2, 0.25) is 0 Å². The minimum Gasteiger partial charge on any atom is -0.294 e. The summed E-state index contributed by atoms with van der Waals surface area (Å²) in [6.07, 6.45) is -8.66. The number of hydrogen-bond donors (Lipinski definition) is 0. The van der Waals surface area contributed by atoms with Crippen molar-refractivity contribution in [2.45, 2.75) is 24.7 Å². The third kappa shape index (κ3) is 5.44. The van der Waals surface area contributed by atoms with Crippen LogP contribution in [-0.2, 0) is 12.4 Å². The summed E-state index contributed by atoms with van der Waals surface area (Å²) in [4.78, 5) is 16.6. The van der Waals surface area contributed by atoms with Crippen molar-refractivity contribution in [2.24, 2.45) is 0 Å². The average molecular weight is 458 g/mol. The van der Waals surface area contributed by atoms with Crippen molar-refractivity contribution in [3.8, 4) is 0 Å². The molecule has 0 N–H and O–H groups in total. The van der Waals surface area contributed by atoms with E-state index in [0.29, 0.717) is 0 Å². The molecule has 3 rings (SSSR count). The van der Waals surface area contributed by atoms with Gasteiger partial charge in [0.25, 0.3) is 0 Å². The Bertz CT molecular complexity index is 1080. The standard InChI is InChI=1S/C22H14ClF6NO/c23-16-4-1-3-14(11-16)19(31)12-17(13-6-8-15(9-7-13)21(24,25)26)20-18(22(27,28)29)5-2-10-30-20/h1-11,17H,12H2/t17-/m0/s1. The molecular formula is C22H14ClF6NO. The summed E-state index contributed by atoms with van der Waals surface area (Å²) >= 11 is 5.88. The minimum atomic E-state index is -4.76. The van der Waals surface area contributed by atoms with Crippen molar-refractivity contribution in [3.63, 3.8) is 0 Å². The second kappa shape index (κ2) is 8.70. The summed E-state index contributed by atoms with van der Waals surface area (Å²) in [5.74, 6) is -1.74. The van der Waals surface area contributed by atoms with Crippen LogP contribution in [0, 0.1) is 0 Å². The third-order valence-electron chi connectivity index (χ3n) is 4.65. The molecule has 9 heteroatoms. The second-order valence-electron chi connectivity index (χ2n) is 6.74. The van der Waals surface area contributed by atoms with Crippen LogP contribution >= 0.6 is 11.6 Å². The first-order valence-electron chi connectivity index (χ1n) is 8.95. The fourth-order valence-electron chi connectivity index (χ4n) is 3.18. The number of Topliss-reactive ketones (excluding diaryl/α,β-unsaturated/α-hetero) is 1. The van der Waals surface area contributed by atoms with Gasteiger partial charge in [0.05, 0.1) is 16.8 Å². The Morgan fingerprint density at radius 2 is 1.58 bits per heavy atom. The number of carbonyl (C=O) groups excluding carboxylic acids is 1. The highest BCUT2D eigenvalue weighted by Crippen LogP contribution is 2.39. The number of pyridine rings is 1. The molecule has 0 bridgehead atoms. The summed E-state index contributed by atoms with van der Waals surface area (Å²) in [5.41, 5.74) is -2.17. The minimum absolute atomic E-state index is 0.104. The Morgan fingerprint density at radius 3 is 2.16 bits per heavy atom. The first-order valence-corrected chi connectivity index (χ1v) is 9.32. The van der Waals surface area contributed by atoms with Crippen LogP contribution in [0.25, 0.3) is 0 Å². The summed E-state index contributed by atoms with van der Waals surface area (Å²) in [5, 5.41) is 0.269. The van der Waals surface area contributed by atoms with Gasteiger partial charge in [0, 0.05) is 29.1 Å². The molecule has 0 aliphatic carbocycles. The number of rotatable bonds is 5. The Labute approximate surface area is 178 Å². The predicted octanol–water partition coefficient (Wildman–Crippen LogP) is 7.18. The monoisotopic (exact) mass is 457 g/mol. The smallest absolute Gasteiger partial charge is 0.294 e. The molecule has 2 nitrogen and oxygen atoms in total. The number of aromatic nitrogens is 1. The molecule has 0 radical (unpaired) electrons. The van der Waals surface area contributed by atoms with Crippen molar-refractivity contribution < 1.29 is 31.1 Å². The van der Waals surface area contributed by atoms with Crippen LogP contribution in [0.5, 0.6) is 0 Å². The van der Waals surface area contributed by atoms with Crippen LogP contribution in [0.15, 0.2) is 66.9 Å². The van der Waals surface area contributed by atoms with Crippen LogP contribution in [0.4, 0.5) is 26.3 Å². The lowest BCUT2D eigenvalue weighted by Gasteiger charge is -2.21. The van der Waals surface area contributed by atoms with E-state index >= 15 is 0 Å². The van der Waals surface area contributed by atoms with Gasteiger partial charge in [0.15, 0.2) is 5.78 Å². The normalized spacial score (nSPS) is 13.1. The van der Waals surface area contributed by atoms with E-state index in [-0.39, 0.29) is 16.1 Å². The molecule has 0 fully saturated rings. The fraction of sp³-hybridized carbons (Fsp3) is 0.182. The Kier molecular flexibility index (Phi) is 6.40. The van der Waals surface area contributed by atoms with Crippen molar-refractivity contribution in [1.82, 2.24) is 4.98 Å². The first kappa shape index (κ1) is 22.8. The largest absolute Gasteiger partial charge is 0.418 e. The number of benzene rings is 2. The van der Waals surface area contributed by atoms with Gasteiger partial charge >= 0.3 is 12.4 Å². The van der Waals surface area contributed by atoms with Crippen LogP contribution in [0.1, 0.15) is 45.1 Å². The number of halogens is 7. The molecule has 0 aliphatic rings. The molecule has 0 saturated carbocycles. The zero-order chi connectivity index (χ0) is 22.8. The molecule has 1 atom stereocenters. The molecule has 0 saturated heterocycles. The zero-order valence-corrected chi connectivity index (χ0v) is 16.4. The maximum absolute atomic E-state index is 13.6. The SMILES string of the molecule is O=C(C[C@@H](c1ccc(C(F)(F)F)cc1)c1ncccc1C(F)(F)F)c1cccc(Cl)c1. The van der Waals surface area contributed by atoms with Gasteiger partial charge in [0.1, 0.15) is 0 Å². The summed E-state index contributed by atoms with van der Waals surface area (Å²) in [6.45, 7) is 0. The van der Waals surface area contributed by atoms with Crippen molar-refractivity contribution in [3.05, 3.63) is 99.8 Å². The van der Waals surface area contributed by atoms with E-state index in [0.717, 1.165) is 42.6 Å². The van der Waals surface area contributed by atoms with Crippen molar-refractivity contribution >= 4 is 17.4 Å². The maximum Gasteiger partial charge on any atom is 0.418 e. The van der Waals surface area contributed by atoms with Crippen LogP contribution in [0.2, 0.25) is 5.02 Å². The molecule has 0 unspecified atom stereocenters. The van der Waals surface area contributed by atoms with Gasteiger partial charge < -0.3 is 0 Å². The highest BCUT2D eigenvalue weighted by atomic mass is 35.5. The van der Waals surface area contributed by atoms with E-state index in [2.05, 4.69) is 4.98 Å². The van der Waals surface area contributed by atoms with E-state index in [1.807, 2.05) is 0 Å². The van der Waals surface area contributed by atoms with Gasteiger partial charge in [-0.15, -0.1) is 0 Å². The highest BCUT2D eigenvalue weighted by molar-refractivity contribution is 6.31. The van der Waals surface area contributed by atoms with Gasteiger partial charge in [-0.3, -0.25) is 9.78 Å². The molecular weight excluding hydrogens is 444 g/mol. The lowest BCUT2D eigenvalue weighted by molar-refractivity contribution is -0.139. The van der Waals surface area contributed by atoms with E-state index in [9.17, 15) is 31.1 Å². The average Bonchev–Trinajstić information content (AvgIpc) is 2.71.